The van der Waals surface area contributed by atoms with Crippen LogP contribution < -0.4 is 0 Å². The lowest BCUT2D eigenvalue weighted by molar-refractivity contribution is -0.120. The summed E-state index contributed by atoms with van der Waals surface area (Å²) in [4.78, 5) is 27.0. The fraction of sp³-hybridized carbons (Fsp3) is 0.379. The normalized spacial score (nSPS) is 21.6. The van der Waals surface area contributed by atoms with Crippen LogP contribution in [0.4, 0.5) is 0 Å². The Morgan fingerprint density at radius 1 is 0.938 bits per heavy atom. The quantitative estimate of drug-likeness (QED) is 0.314. The van der Waals surface area contributed by atoms with Crippen molar-refractivity contribution in [3.05, 3.63) is 89.1 Å². The predicted molar refractivity (Wildman–Crippen MR) is 137 cm³/mol. The van der Waals surface area contributed by atoms with Gasteiger partial charge in [-0.05, 0) is 35.2 Å². The minimum Gasteiger partial charge on any atom is -0.295 e. The van der Waals surface area contributed by atoms with E-state index in [-0.39, 0.29) is 23.4 Å². The summed E-state index contributed by atoms with van der Waals surface area (Å²) in [5.74, 6) is 0.149. The van der Waals surface area contributed by atoms with Gasteiger partial charge in [0.1, 0.15) is 0 Å². The van der Waals surface area contributed by atoms with E-state index in [9.17, 15) is 9.59 Å². The number of hydrogen-bond acceptors (Lipinski definition) is 2. The van der Waals surface area contributed by atoms with E-state index in [1.165, 1.54) is 0 Å². The number of benzene rings is 2. The summed E-state index contributed by atoms with van der Waals surface area (Å²) in [6, 6.07) is 23.4. The second-order valence-corrected chi connectivity index (χ2v) is 14.2. The van der Waals surface area contributed by atoms with Crippen LogP contribution in [0.5, 0.6) is 0 Å². The van der Waals surface area contributed by atoms with E-state index in [2.05, 4.69) is 39.0 Å². The fourth-order valence-electron chi connectivity index (χ4n) is 5.26. The van der Waals surface area contributed by atoms with Crippen molar-refractivity contribution in [3.63, 3.8) is 0 Å². The molecule has 168 valence electrons. The molecule has 0 aliphatic heterocycles. The zero-order chi connectivity index (χ0) is 23.0. The average Bonchev–Trinajstić information content (AvgIpc) is 2.84. The molecule has 2 aromatic rings. The highest BCUT2D eigenvalue weighted by molar-refractivity contribution is 6.90. The Labute approximate surface area is 194 Å². The molecule has 1 aliphatic carbocycles. The molecule has 2 nitrogen and oxygen atoms in total. The number of ketones is 2. The van der Waals surface area contributed by atoms with Crippen molar-refractivity contribution in [2.45, 2.75) is 64.1 Å². The minimum atomic E-state index is -1.76. The van der Waals surface area contributed by atoms with E-state index in [4.69, 9.17) is 0 Å². The smallest absolute Gasteiger partial charge is 0.159 e. The van der Waals surface area contributed by atoms with Crippen LogP contribution in [0.25, 0.3) is 6.08 Å². The zero-order valence-corrected chi connectivity index (χ0v) is 20.7. The van der Waals surface area contributed by atoms with Crippen molar-refractivity contribution in [1.82, 2.24) is 0 Å². The van der Waals surface area contributed by atoms with Gasteiger partial charge < -0.3 is 0 Å². The standard InChI is InChI=1S/C29H36O2Si/c1-4-32(5-2,6-3)29-19-13-18-25(27(30)21-20-23-14-9-7-10-15-23)26(22-28(29)31)24-16-11-8-12-17-24/h7-12,14-17,19-21,25-26H,4-6,13,18,22H2,1-3H3/b21-20+,29-19+. The van der Waals surface area contributed by atoms with Crippen molar-refractivity contribution < 1.29 is 9.59 Å². The molecule has 0 aromatic heterocycles. The molecular weight excluding hydrogens is 408 g/mol. The van der Waals surface area contributed by atoms with Gasteiger partial charge in [-0.25, -0.2) is 0 Å². The zero-order valence-electron chi connectivity index (χ0n) is 19.7. The second kappa shape index (κ2) is 11.4. The van der Waals surface area contributed by atoms with Gasteiger partial charge in [0.05, 0.1) is 8.07 Å². The monoisotopic (exact) mass is 444 g/mol. The third kappa shape index (κ3) is 5.45. The van der Waals surface area contributed by atoms with Crippen molar-refractivity contribution in [3.8, 4) is 0 Å². The van der Waals surface area contributed by atoms with Gasteiger partial charge in [-0.15, -0.1) is 0 Å². The highest BCUT2D eigenvalue weighted by Crippen LogP contribution is 2.39. The first-order chi connectivity index (χ1) is 15.5. The summed E-state index contributed by atoms with van der Waals surface area (Å²) in [6.07, 6.45) is 7.85. The maximum Gasteiger partial charge on any atom is 0.159 e. The highest BCUT2D eigenvalue weighted by Gasteiger charge is 2.39. The highest BCUT2D eigenvalue weighted by atomic mass is 28.3. The van der Waals surface area contributed by atoms with Gasteiger partial charge in [0.15, 0.2) is 11.6 Å². The third-order valence-electron chi connectivity index (χ3n) is 7.45. The van der Waals surface area contributed by atoms with Gasteiger partial charge in [-0.1, -0.05) is 112 Å². The molecule has 2 atom stereocenters. The van der Waals surface area contributed by atoms with Gasteiger partial charge in [0.25, 0.3) is 0 Å². The Bertz CT molecular complexity index is 947. The SMILES string of the molecule is CC[Si](CC)(CC)/C1=C/CCC(C(=O)/C=C/c2ccccc2)C(c2ccccc2)CC1=O. The van der Waals surface area contributed by atoms with Crippen LogP contribution in [0, 0.1) is 5.92 Å². The van der Waals surface area contributed by atoms with Crippen LogP contribution in [-0.4, -0.2) is 19.6 Å². The van der Waals surface area contributed by atoms with E-state index in [1.807, 2.05) is 54.6 Å². The van der Waals surface area contributed by atoms with Crippen molar-refractivity contribution in [2.75, 3.05) is 0 Å². The van der Waals surface area contributed by atoms with Crippen LogP contribution in [-0.2, 0) is 9.59 Å². The van der Waals surface area contributed by atoms with E-state index >= 15 is 0 Å². The molecule has 2 unspecified atom stereocenters. The summed E-state index contributed by atoms with van der Waals surface area (Å²) in [6.45, 7) is 6.75. The summed E-state index contributed by atoms with van der Waals surface area (Å²) in [5.41, 5.74) is 2.12. The topological polar surface area (TPSA) is 34.1 Å². The molecule has 1 aliphatic rings. The molecular formula is C29H36O2Si. The lowest BCUT2D eigenvalue weighted by Crippen LogP contribution is -2.40. The van der Waals surface area contributed by atoms with E-state index in [0.717, 1.165) is 47.3 Å². The molecule has 0 amide bonds. The Balaban J connectivity index is 1.95. The van der Waals surface area contributed by atoms with Gasteiger partial charge in [0, 0.05) is 18.3 Å². The van der Waals surface area contributed by atoms with Crippen LogP contribution in [0.15, 0.2) is 78.0 Å². The number of allylic oxidation sites excluding steroid dienone is 3. The minimum absolute atomic E-state index is 0.0717. The van der Waals surface area contributed by atoms with Gasteiger partial charge in [-0.3, -0.25) is 9.59 Å². The van der Waals surface area contributed by atoms with Gasteiger partial charge >= 0.3 is 0 Å². The van der Waals surface area contributed by atoms with E-state index in [0.29, 0.717) is 6.42 Å². The third-order valence-corrected chi connectivity index (χ3v) is 13.1. The molecule has 3 heteroatoms. The molecule has 0 bridgehead atoms. The second-order valence-electron chi connectivity index (χ2n) is 8.93. The maximum atomic E-state index is 13.7. The fourth-order valence-corrected chi connectivity index (χ4v) is 9.18. The van der Waals surface area contributed by atoms with Crippen LogP contribution in [0.2, 0.25) is 18.1 Å². The summed E-state index contributed by atoms with van der Waals surface area (Å²) in [5, 5.41) is 1.14. The van der Waals surface area contributed by atoms with Crippen molar-refractivity contribution >= 4 is 25.7 Å². The molecule has 3 rings (SSSR count). The number of rotatable bonds is 8. The summed E-state index contributed by atoms with van der Waals surface area (Å²) < 4.78 is 0. The lowest BCUT2D eigenvalue weighted by Gasteiger charge is -2.34. The molecule has 0 N–H and O–H groups in total. The van der Waals surface area contributed by atoms with E-state index in [1.54, 1.807) is 6.08 Å². The molecule has 0 fully saturated rings. The van der Waals surface area contributed by atoms with Crippen LogP contribution in [0.3, 0.4) is 0 Å². The Morgan fingerprint density at radius 3 is 2.12 bits per heavy atom. The van der Waals surface area contributed by atoms with Crippen LogP contribution >= 0.6 is 0 Å². The first-order valence-electron chi connectivity index (χ1n) is 12.1. The molecule has 0 spiro atoms. The van der Waals surface area contributed by atoms with Crippen molar-refractivity contribution in [1.29, 1.82) is 0 Å². The molecule has 0 saturated carbocycles. The average molecular weight is 445 g/mol. The Kier molecular flexibility index (Phi) is 8.58. The largest absolute Gasteiger partial charge is 0.295 e. The number of Topliss-reactive ketones (excluding diaryl/α,β-unsaturated/α-hetero) is 1. The van der Waals surface area contributed by atoms with Crippen LogP contribution in [0.1, 0.15) is 57.1 Å². The molecule has 32 heavy (non-hydrogen) atoms. The molecule has 0 heterocycles. The van der Waals surface area contributed by atoms with Crippen molar-refractivity contribution in [2.24, 2.45) is 5.92 Å². The first kappa shape index (κ1) is 24.1. The summed E-state index contributed by atoms with van der Waals surface area (Å²) >= 11 is 0. The Morgan fingerprint density at radius 2 is 1.53 bits per heavy atom. The number of hydrogen-bond donors (Lipinski definition) is 0. The molecule has 0 saturated heterocycles. The summed E-state index contributed by atoms with van der Waals surface area (Å²) in [7, 11) is -1.76. The van der Waals surface area contributed by atoms with Gasteiger partial charge in [0.2, 0.25) is 0 Å². The predicted octanol–water partition coefficient (Wildman–Crippen LogP) is 7.40. The maximum absolute atomic E-state index is 13.7. The van der Waals surface area contributed by atoms with Gasteiger partial charge in [-0.2, -0.15) is 0 Å². The Hall–Kier alpha value is -2.52. The molecule has 2 aromatic carbocycles. The number of carbonyl (C=O) groups excluding carboxylic acids is 2. The number of carbonyl (C=O) groups is 2. The first-order valence-corrected chi connectivity index (χ1v) is 14.7. The molecule has 0 radical (unpaired) electrons. The van der Waals surface area contributed by atoms with E-state index < -0.39 is 8.07 Å². The lowest BCUT2D eigenvalue weighted by atomic mass is 9.76.